The van der Waals surface area contributed by atoms with Gasteiger partial charge in [0.25, 0.3) is 0 Å². The summed E-state index contributed by atoms with van der Waals surface area (Å²) in [6.45, 7) is 0.589. The smallest absolute Gasteiger partial charge is 0.358 e. The average Bonchev–Trinajstić information content (AvgIpc) is 3.47. The molecule has 0 amide bonds. The average molecular weight is 362 g/mol. The number of benzene rings is 1. The molecule has 6 nitrogen and oxygen atoms in total. The van der Waals surface area contributed by atoms with E-state index in [1.807, 2.05) is 36.2 Å². The van der Waals surface area contributed by atoms with Gasteiger partial charge in [-0.3, -0.25) is 0 Å². The van der Waals surface area contributed by atoms with Crippen molar-refractivity contribution >= 4 is 23.4 Å². The Hall–Kier alpha value is -2.34. The number of anilines is 1. The van der Waals surface area contributed by atoms with E-state index >= 15 is 0 Å². The minimum absolute atomic E-state index is 0.123. The summed E-state index contributed by atoms with van der Waals surface area (Å²) in [6, 6.07) is 7.77. The molecule has 1 heterocycles. The molecule has 0 aliphatic heterocycles. The molecular formula is C18H20ClN3O3. The number of hydrogen-bond donors (Lipinski definition) is 0. The maximum absolute atomic E-state index is 12.0. The fraction of sp³-hybridized carbons (Fsp3) is 0.389. The van der Waals surface area contributed by atoms with E-state index in [9.17, 15) is 4.79 Å². The summed E-state index contributed by atoms with van der Waals surface area (Å²) in [4.78, 5) is 22.8. The quantitative estimate of drug-likeness (QED) is 0.734. The van der Waals surface area contributed by atoms with E-state index in [2.05, 4.69) is 9.97 Å². The van der Waals surface area contributed by atoms with Gasteiger partial charge in [0.15, 0.2) is 11.5 Å². The van der Waals surface area contributed by atoms with Crippen LogP contribution in [0.3, 0.4) is 0 Å². The highest BCUT2D eigenvalue weighted by Crippen LogP contribution is 2.40. The van der Waals surface area contributed by atoms with Crippen LogP contribution < -0.4 is 9.64 Å². The number of rotatable bonds is 6. The van der Waals surface area contributed by atoms with Crippen molar-refractivity contribution in [2.45, 2.75) is 25.3 Å². The number of carbonyl (C=O) groups excluding carboxylic acids is 1. The number of halogens is 1. The fourth-order valence-electron chi connectivity index (χ4n) is 2.54. The zero-order valence-corrected chi connectivity index (χ0v) is 15.2. The zero-order valence-electron chi connectivity index (χ0n) is 14.5. The standard InChI is InChI=1S/C18H20ClN3O3/c1-22(10-11-4-8-13(24-2)9-5-11)17-14(19)15(18(23)25-3)20-16(21-17)12-6-7-12/h4-5,8-9,12H,6-7,10H2,1-3H3. The van der Waals surface area contributed by atoms with Crippen molar-refractivity contribution in [1.82, 2.24) is 9.97 Å². The Labute approximate surface area is 151 Å². The first-order chi connectivity index (χ1) is 12.0. The van der Waals surface area contributed by atoms with Gasteiger partial charge in [-0.25, -0.2) is 14.8 Å². The highest BCUT2D eigenvalue weighted by Gasteiger charge is 2.30. The third-order valence-corrected chi connectivity index (χ3v) is 4.46. The van der Waals surface area contributed by atoms with E-state index in [0.717, 1.165) is 24.2 Å². The van der Waals surface area contributed by atoms with Crippen molar-refractivity contribution in [2.24, 2.45) is 0 Å². The SMILES string of the molecule is COC(=O)c1nc(C2CC2)nc(N(C)Cc2ccc(OC)cc2)c1Cl. The molecule has 7 heteroatoms. The van der Waals surface area contributed by atoms with Gasteiger partial charge in [0.05, 0.1) is 14.2 Å². The molecule has 1 aliphatic carbocycles. The van der Waals surface area contributed by atoms with Crippen LogP contribution in [-0.4, -0.2) is 37.2 Å². The van der Waals surface area contributed by atoms with Gasteiger partial charge < -0.3 is 14.4 Å². The summed E-state index contributed by atoms with van der Waals surface area (Å²) in [5.74, 6) is 1.74. The van der Waals surface area contributed by atoms with Crippen LogP contribution in [0.2, 0.25) is 5.02 Å². The lowest BCUT2D eigenvalue weighted by Crippen LogP contribution is -2.21. The van der Waals surface area contributed by atoms with Gasteiger partial charge >= 0.3 is 5.97 Å². The van der Waals surface area contributed by atoms with E-state index < -0.39 is 5.97 Å². The normalized spacial score (nSPS) is 13.4. The van der Waals surface area contributed by atoms with E-state index in [0.29, 0.717) is 24.1 Å². The minimum atomic E-state index is -0.548. The molecule has 0 bridgehead atoms. The molecule has 0 spiro atoms. The van der Waals surface area contributed by atoms with Crippen molar-refractivity contribution in [1.29, 1.82) is 0 Å². The Kier molecular flexibility index (Phi) is 5.08. The summed E-state index contributed by atoms with van der Waals surface area (Å²) in [5, 5.41) is 0.215. The van der Waals surface area contributed by atoms with Crippen LogP contribution in [0.4, 0.5) is 5.82 Å². The first kappa shape index (κ1) is 17.5. The predicted molar refractivity (Wildman–Crippen MR) is 95.5 cm³/mol. The summed E-state index contributed by atoms with van der Waals surface area (Å²) < 4.78 is 9.98. The monoisotopic (exact) mass is 361 g/mol. The maximum Gasteiger partial charge on any atom is 0.358 e. The lowest BCUT2D eigenvalue weighted by atomic mass is 10.2. The van der Waals surface area contributed by atoms with Crippen LogP contribution in [-0.2, 0) is 11.3 Å². The largest absolute Gasteiger partial charge is 0.497 e. The van der Waals surface area contributed by atoms with E-state index in [4.69, 9.17) is 21.1 Å². The molecule has 0 atom stereocenters. The van der Waals surface area contributed by atoms with Crippen molar-refractivity contribution < 1.29 is 14.3 Å². The number of hydrogen-bond acceptors (Lipinski definition) is 6. The lowest BCUT2D eigenvalue weighted by Gasteiger charge is -2.21. The Morgan fingerprint density at radius 3 is 2.48 bits per heavy atom. The topological polar surface area (TPSA) is 64.5 Å². The number of carbonyl (C=O) groups is 1. The molecule has 132 valence electrons. The molecule has 1 aliphatic rings. The Balaban J connectivity index is 1.90. The van der Waals surface area contributed by atoms with Gasteiger partial charge in [0, 0.05) is 19.5 Å². The van der Waals surface area contributed by atoms with Gasteiger partial charge in [-0.15, -0.1) is 0 Å². The molecule has 0 unspecified atom stereocenters. The lowest BCUT2D eigenvalue weighted by molar-refractivity contribution is 0.0593. The van der Waals surface area contributed by atoms with E-state index in [1.165, 1.54) is 7.11 Å². The van der Waals surface area contributed by atoms with Crippen molar-refractivity contribution in [3.8, 4) is 5.75 Å². The van der Waals surface area contributed by atoms with Gasteiger partial charge in [0.1, 0.15) is 16.6 Å². The number of aromatic nitrogens is 2. The summed E-state index contributed by atoms with van der Waals surface area (Å²) in [7, 11) is 4.84. The van der Waals surface area contributed by atoms with Gasteiger partial charge in [-0.1, -0.05) is 23.7 Å². The molecule has 1 saturated carbocycles. The fourth-order valence-corrected chi connectivity index (χ4v) is 2.85. The number of nitrogens with zero attached hydrogens (tertiary/aromatic N) is 3. The van der Waals surface area contributed by atoms with Crippen molar-refractivity contribution in [3.63, 3.8) is 0 Å². The van der Waals surface area contributed by atoms with Gasteiger partial charge in [-0.05, 0) is 30.5 Å². The molecule has 1 fully saturated rings. The molecule has 25 heavy (non-hydrogen) atoms. The van der Waals surface area contributed by atoms with Crippen LogP contribution in [0.25, 0.3) is 0 Å². The molecule has 0 saturated heterocycles. The van der Waals surface area contributed by atoms with Crippen LogP contribution in [0.5, 0.6) is 5.75 Å². The Morgan fingerprint density at radius 1 is 1.24 bits per heavy atom. The second-order valence-electron chi connectivity index (χ2n) is 6.04. The van der Waals surface area contributed by atoms with Gasteiger partial charge in [0.2, 0.25) is 0 Å². The summed E-state index contributed by atoms with van der Waals surface area (Å²) in [6.07, 6.45) is 2.06. The Morgan fingerprint density at radius 2 is 1.92 bits per heavy atom. The number of esters is 1. The number of ether oxygens (including phenoxy) is 2. The third-order valence-electron chi connectivity index (χ3n) is 4.11. The minimum Gasteiger partial charge on any atom is -0.497 e. The van der Waals surface area contributed by atoms with E-state index in [-0.39, 0.29) is 10.7 Å². The maximum atomic E-state index is 12.0. The summed E-state index contributed by atoms with van der Waals surface area (Å²) in [5.41, 5.74) is 1.20. The predicted octanol–water partition coefficient (Wildman–Crippen LogP) is 3.44. The molecule has 3 rings (SSSR count). The first-order valence-electron chi connectivity index (χ1n) is 8.03. The molecule has 1 aromatic carbocycles. The molecule has 0 N–H and O–H groups in total. The van der Waals surface area contributed by atoms with Gasteiger partial charge in [-0.2, -0.15) is 0 Å². The molecular weight excluding hydrogens is 342 g/mol. The molecule has 0 radical (unpaired) electrons. The van der Waals surface area contributed by atoms with Crippen molar-refractivity contribution in [2.75, 3.05) is 26.2 Å². The molecule has 1 aromatic heterocycles. The second-order valence-corrected chi connectivity index (χ2v) is 6.42. The highest BCUT2D eigenvalue weighted by molar-refractivity contribution is 6.35. The van der Waals surface area contributed by atoms with E-state index in [1.54, 1.807) is 7.11 Å². The van der Waals surface area contributed by atoms with Crippen molar-refractivity contribution in [3.05, 3.63) is 46.4 Å². The number of methoxy groups -OCH3 is 2. The molecule has 2 aromatic rings. The van der Waals surface area contributed by atoms with Crippen LogP contribution in [0.15, 0.2) is 24.3 Å². The van der Waals surface area contributed by atoms with Crippen LogP contribution in [0.1, 0.15) is 40.6 Å². The van der Waals surface area contributed by atoms with Crippen LogP contribution in [0, 0.1) is 0 Å². The summed E-state index contributed by atoms with van der Waals surface area (Å²) >= 11 is 6.40. The first-order valence-corrected chi connectivity index (χ1v) is 8.41. The second kappa shape index (κ2) is 7.27. The van der Waals surface area contributed by atoms with Crippen LogP contribution >= 0.6 is 11.6 Å². The zero-order chi connectivity index (χ0) is 18.0. The third kappa shape index (κ3) is 3.85. The Bertz CT molecular complexity index is 776. The highest BCUT2D eigenvalue weighted by atomic mass is 35.5.